The minimum absolute atomic E-state index is 0.349. The molecule has 0 saturated heterocycles. The van der Waals surface area contributed by atoms with Gasteiger partial charge in [0.15, 0.2) is 11.5 Å². The largest absolute Gasteiger partial charge is 0.493 e. The molecular formula is C17H21N3O4. The third-order valence-corrected chi connectivity index (χ3v) is 3.31. The van der Waals surface area contributed by atoms with E-state index in [1.165, 1.54) is 7.11 Å². The summed E-state index contributed by atoms with van der Waals surface area (Å²) in [4.78, 5) is 26.6. The Hall–Kier alpha value is -2.96. The van der Waals surface area contributed by atoms with E-state index >= 15 is 0 Å². The predicted molar refractivity (Wildman–Crippen MR) is 89.1 cm³/mol. The second-order valence-corrected chi connectivity index (χ2v) is 5.06. The summed E-state index contributed by atoms with van der Waals surface area (Å²) in [5, 5.41) is 0. The van der Waals surface area contributed by atoms with Gasteiger partial charge in [0.05, 0.1) is 13.7 Å². The Morgan fingerprint density at radius 1 is 1.12 bits per heavy atom. The molecule has 2 aromatic rings. The number of benzene rings is 1. The smallest absolute Gasteiger partial charge is 0.286 e. The van der Waals surface area contributed by atoms with Crippen molar-refractivity contribution in [3.8, 4) is 11.5 Å². The normalized spacial score (nSPS) is 10.1. The number of unbranched alkanes of at least 4 members (excludes halogenated alkanes) is 1. The van der Waals surface area contributed by atoms with Crippen LogP contribution < -0.4 is 20.3 Å². The summed E-state index contributed by atoms with van der Waals surface area (Å²) in [6.45, 7) is 2.67. The Bertz CT molecular complexity index is 683. The summed E-state index contributed by atoms with van der Waals surface area (Å²) in [5.74, 6) is 0.167. The standard InChI is InChI=1S/C17H21N3O4/c1-3-4-10-24-14-8-7-12(11-15(14)23-2)16(21)19-20-17(22)13-6-5-9-18-13/h5-9,11,18H,3-4,10H2,1-2H3,(H,19,21)(H,20,22). The average molecular weight is 331 g/mol. The van der Waals surface area contributed by atoms with Crippen molar-refractivity contribution in [3.05, 3.63) is 47.8 Å². The van der Waals surface area contributed by atoms with Gasteiger partial charge in [-0.25, -0.2) is 0 Å². The topological polar surface area (TPSA) is 92.5 Å². The van der Waals surface area contributed by atoms with Crippen LogP contribution in [0.3, 0.4) is 0 Å². The van der Waals surface area contributed by atoms with Gasteiger partial charge >= 0.3 is 0 Å². The zero-order valence-corrected chi connectivity index (χ0v) is 13.7. The summed E-state index contributed by atoms with van der Waals surface area (Å²) >= 11 is 0. The number of carbonyl (C=O) groups is 2. The Morgan fingerprint density at radius 3 is 2.58 bits per heavy atom. The van der Waals surface area contributed by atoms with Crippen molar-refractivity contribution in [1.29, 1.82) is 0 Å². The summed E-state index contributed by atoms with van der Waals surface area (Å²) in [5.41, 5.74) is 5.39. The zero-order valence-electron chi connectivity index (χ0n) is 13.7. The van der Waals surface area contributed by atoms with Gasteiger partial charge in [-0.1, -0.05) is 13.3 Å². The molecule has 1 heterocycles. The first-order valence-electron chi connectivity index (χ1n) is 7.70. The van der Waals surface area contributed by atoms with E-state index in [2.05, 4.69) is 22.8 Å². The first-order chi connectivity index (χ1) is 11.7. The molecule has 2 amide bonds. The van der Waals surface area contributed by atoms with E-state index in [0.29, 0.717) is 29.4 Å². The second kappa shape index (κ2) is 8.61. The van der Waals surface area contributed by atoms with Crippen molar-refractivity contribution in [2.75, 3.05) is 13.7 Å². The van der Waals surface area contributed by atoms with Crippen LogP contribution in [0, 0.1) is 0 Å². The fourth-order valence-corrected chi connectivity index (χ4v) is 1.98. The lowest BCUT2D eigenvalue weighted by Gasteiger charge is -2.12. The average Bonchev–Trinajstić information content (AvgIpc) is 3.14. The summed E-state index contributed by atoms with van der Waals surface area (Å²) in [6, 6.07) is 8.15. The van der Waals surface area contributed by atoms with E-state index in [4.69, 9.17) is 9.47 Å². The van der Waals surface area contributed by atoms with Crippen molar-refractivity contribution in [2.45, 2.75) is 19.8 Å². The molecule has 0 atom stereocenters. The Kier molecular flexibility index (Phi) is 6.24. The number of rotatable bonds is 7. The highest BCUT2D eigenvalue weighted by Gasteiger charge is 2.13. The van der Waals surface area contributed by atoms with Crippen LogP contribution in [0.2, 0.25) is 0 Å². The number of methoxy groups -OCH3 is 1. The maximum Gasteiger partial charge on any atom is 0.286 e. The van der Waals surface area contributed by atoms with Crippen molar-refractivity contribution >= 4 is 11.8 Å². The Balaban J connectivity index is 1.97. The van der Waals surface area contributed by atoms with Crippen molar-refractivity contribution in [1.82, 2.24) is 15.8 Å². The number of hydrogen-bond acceptors (Lipinski definition) is 4. The quantitative estimate of drug-likeness (QED) is 0.536. The molecular weight excluding hydrogens is 310 g/mol. The SMILES string of the molecule is CCCCOc1ccc(C(=O)NNC(=O)c2ccc[nH]2)cc1OC. The van der Waals surface area contributed by atoms with Crippen molar-refractivity contribution in [3.63, 3.8) is 0 Å². The second-order valence-electron chi connectivity index (χ2n) is 5.06. The van der Waals surface area contributed by atoms with Gasteiger partial charge < -0.3 is 14.5 Å². The molecule has 0 unspecified atom stereocenters. The van der Waals surface area contributed by atoms with E-state index in [1.807, 2.05) is 0 Å². The van der Waals surface area contributed by atoms with E-state index in [1.54, 1.807) is 36.5 Å². The lowest BCUT2D eigenvalue weighted by molar-refractivity contribution is 0.0844. The van der Waals surface area contributed by atoms with Gasteiger partial charge in [0.2, 0.25) is 0 Å². The van der Waals surface area contributed by atoms with E-state index in [-0.39, 0.29) is 0 Å². The number of hydrogen-bond donors (Lipinski definition) is 3. The molecule has 0 bridgehead atoms. The summed E-state index contributed by atoms with van der Waals surface area (Å²) in [7, 11) is 1.51. The maximum absolute atomic E-state index is 12.1. The third-order valence-electron chi connectivity index (χ3n) is 3.31. The molecule has 24 heavy (non-hydrogen) atoms. The minimum atomic E-state index is -0.451. The molecule has 0 aliphatic carbocycles. The van der Waals surface area contributed by atoms with Gasteiger partial charge in [-0.15, -0.1) is 0 Å². The molecule has 2 rings (SSSR count). The molecule has 0 spiro atoms. The number of carbonyl (C=O) groups excluding carboxylic acids is 2. The number of hydrazine groups is 1. The highest BCUT2D eigenvalue weighted by atomic mass is 16.5. The van der Waals surface area contributed by atoms with Crippen LogP contribution in [0.1, 0.15) is 40.6 Å². The third kappa shape index (κ3) is 4.52. The summed E-state index contributed by atoms with van der Waals surface area (Å²) < 4.78 is 10.9. The number of H-pyrrole nitrogens is 1. The van der Waals surface area contributed by atoms with Crippen LogP contribution in [-0.2, 0) is 0 Å². The molecule has 3 N–H and O–H groups in total. The van der Waals surface area contributed by atoms with E-state index in [9.17, 15) is 9.59 Å². The fourth-order valence-electron chi connectivity index (χ4n) is 1.98. The molecule has 0 radical (unpaired) electrons. The van der Waals surface area contributed by atoms with Gasteiger partial charge in [-0.05, 0) is 36.8 Å². The number of aromatic amines is 1. The van der Waals surface area contributed by atoms with Gasteiger partial charge in [0.25, 0.3) is 11.8 Å². The summed E-state index contributed by atoms with van der Waals surface area (Å²) in [6.07, 6.45) is 3.60. The molecule has 7 heteroatoms. The van der Waals surface area contributed by atoms with Crippen LogP contribution in [0.4, 0.5) is 0 Å². The lowest BCUT2D eigenvalue weighted by Crippen LogP contribution is -2.41. The highest BCUT2D eigenvalue weighted by molar-refractivity contribution is 5.98. The Morgan fingerprint density at radius 2 is 1.92 bits per heavy atom. The number of aromatic nitrogens is 1. The maximum atomic E-state index is 12.1. The highest BCUT2D eigenvalue weighted by Crippen LogP contribution is 2.28. The number of ether oxygens (including phenoxy) is 2. The molecule has 128 valence electrons. The van der Waals surface area contributed by atoms with Gasteiger partial charge in [-0.2, -0.15) is 0 Å². The molecule has 0 saturated carbocycles. The molecule has 0 aliphatic heterocycles. The van der Waals surface area contributed by atoms with E-state index < -0.39 is 11.8 Å². The van der Waals surface area contributed by atoms with Crippen molar-refractivity contribution in [2.24, 2.45) is 0 Å². The van der Waals surface area contributed by atoms with Gasteiger partial charge in [0.1, 0.15) is 5.69 Å². The van der Waals surface area contributed by atoms with Crippen LogP contribution in [0.15, 0.2) is 36.5 Å². The molecule has 1 aromatic heterocycles. The first kappa shape index (κ1) is 17.4. The molecule has 0 fully saturated rings. The van der Waals surface area contributed by atoms with Gasteiger partial charge in [0, 0.05) is 11.8 Å². The van der Waals surface area contributed by atoms with Crippen LogP contribution in [0.5, 0.6) is 11.5 Å². The lowest BCUT2D eigenvalue weighted by atomic mass is 10.2. The predicted octanol–water partition coefficient (Wildman–Crippen LogP) is 2.28. The minimum Gasteiger partial charge on any atom is -0.493 e. The molecule has 7 nitrogen and oxygen atoms in total. The van der Waals surface area contributed by atoms with Gasteiger partial charge in [-0.3, -0.25) is 20.4 Å². The monoisotopic (exact) mass is 331 g/mol. The fraction of sp³-hybridized carbons (Fsp3) is 0.294. The molecule has 0 aliphatic rings. The van der Waals surface area contributed by atoms with Crippen LogP contribution in [0.25, 0.3) is 0 Å². The number of amides is 2. The van der Waals surface area contributed by atoms with E-state index in [0.717, 1.165) is 12.8 Å². The zero-order chi connectivity index (χ0) is 17.4. The van der Waals surface area contributed by atoms with Crippen molar-refractivity contribution < 1.29 is 19.1 Å². The Labute approximate surface area is 140 Å². The first-order valence-corrected chi connectivity index (χ1v) is 7.70. The number of nitrogens with one attached hydrogen (secondary N) is 3. The van der Waals surface area contributed by atoms with Crippen LogP contribution in [-0.4, -0.2) is 30.5 Å². The van der Waals surface area contributed by atoms with Crippen LogP contribution >= 0.6 is 0 Å². The molecule has 1 aromatic carbocycles.